The summed E-state index contributed by atoms with van der Waals surface area (Å²) < 4.78 is 4.87. The fourth-order valence-electron chi connectivity index (χ4n) is 0.764. The van der Waals surface area contributed by atoms with Crippen LogP contribution >= 0.6 is 11.8 Å². The zero-order valence-corrected chi connectivity index (χ0v) is 7.49. The highest BCUT2D eigenvalue weighted by Gasteiger charge is 2.10. The molecule has 0 fully saturated rings. The van der Waals surface area contributed by atoms with E-state index in [0.717, 1.165) is 22.4 Å². The van der Waals surface area contributed by atoms with Gasteiger partial charge < -0.3 is 4.52 Å². The monoisotopic (exact) mass is 171 g/mol. The Morgan fingerprint density at radius 1 is 1.55 bits per heavy atom. The minimum absolute atomic E-state index is 0.0550. The van der Waals surface area contributed by atoms with Crippen LogP contribution in [0.25, 0.3) is 0 Å². The third kappa shape index (κ3) is 1.83. The van der Waals surface area contributed by atoms with Crippen LogP contribution in [0.2, 0.25) is 0 Å². The Balaban J connectivity index is 2.92. The zero-order valence-electron chi connectivity index (χ0n) is 6.67. The number of hydrogen-bond donors (Lipinski definition) is 0. The summed E-state index contributed by atoms with van der Waals surface area (Å²) in [7, 11) is 0. The van der Waals surface area contributed by atoms with Gasteiger partial charge in [-0.05, 0) is 25.6 Å². The second kappa shape index (κ2) is 3.09. The Bertz CT molecular complexity index is 260. The van der Waals surface area contributed by atoms with Crippen LogP contribution in [0.3, 0.4) is 0 Å². The molecule has 11 heavy (non-hydrogen) atoms. The zero-order chi connectivity index (χ0) is 8.43. The van der Waals surface area contributed by atoms with E-state index in [0.29, 0.717) is 5.76 Å². The Hall–Kier alpha value is -0.770. The van der Waals surface area contributed by atoms with Crippen molar-refractivity contribution >= 4 is 16.9 Å². The molecule has 60 valence electrons. The summed E-state index contributed by atoms with van der Waals surface area (Å²) in [5, 5.41) is 3.78. The first-order valence-electron chi connectivity index (χ1n) is 3.22. The van der Waals surface area contributed by atoms with E-state index in [9.17, 15) is 4.79 Å². The first-order valence-corrected chi connectivity index (χ1v) is 4.04. The maximum absolute atomic E-state index is 10.7. The summed E-state index contributed by atoms with van der Waals surface area (Å²) in [5.74, 6) is 0.711. The highest BCUT2D eigenvalue weighted by Crippen LogP contribution is 2.25. The van der Waals surface area contributed by atoms with Crippen molar-refractivity contribution < 1.29 is 9.32 Å². The van der Waals surface area contributed by atoms with E-state index in [1.54, 1.807) is 6.92 Å². The predicted molar refractivity (Wildman–Crippen MR) is 42.5 cm³/mol. The molecule has 0 aliphatic heterocycles. The molecule has 0 radical (unpaired) electrons. The number of aryl methyl sites for hydroxylation is 2. The van der Waals surface area contributed by atoms with E-state index in [2.05, 4.69) is 5.16 Å². The van der Waals surface area contributed by atoms with Crippen molar-refractivity contribution in [3.8, 4) is 0 Å². The van der Waals surface area contributed by atoms with Gasteiger partial charge in [0, 0.05) is 6.92 Å². The maximum Gasteiger partial charge on any atom is 0.190 e. The number of rotatable bonds is 1. The normalized spacial score (nSPS) is 10.1. The van der Waals surface area contributed by atoms with E-state index in [1.165, 1.54) is 6.92 Å². The summed E-state index contributed by atoms with van der Waals surface area (Å²) >= 11 is 1.16. The molecule has 1 aromatic rings. The molecule has 0 aliphatic carbocycles. The van der Waals surface area contributed by atoms with Crippen molar-refractivity contribution in [3.63, 3.8) is 0 Å². The van der Waals surface area contributed by atoms with Crippen molar-refractivity contribution in [1.29, 1.82) is 0 Å². The molecule has 0 N–H and O–H groups in total. The molecule has 0 amide bonds. The molecule has 0 saturated carbocycles. The Labute approximate surface area is 69.1 Å². The first kappa shape index (κ1) is 8.33. The van der Waals surface area contributed by atoms with Crippen molar-refractivity contribution in [2.75, 3.05) is 0 Å². The van der Waals surface area contributed by atoms with E-state index < -0.39 is 0 Å². The Morgan fingerprint density at radius 2 is 2.18 bits per heavy atom. The standard InChI is InChI=1S/C7H9NO2S/c1-4-7(11-6(3)9)5(2)10-8-4/h1-3H3. The molecule has 0 saturated heterocycles. The number of nitrogens with zero attached hydrogens (tertiary/aromatic N) is 1. The SMILES string of the molecule is CC(=O)Sc1c(C)noc1C. The summed E-state index contributed by atoms with van der Waals surface area (Å²) in [6.45, 7) is 5.14. The minimum Gasteiger partial charge on any atom is -0.360 e. The fourth-order valence-corrected chi connectivity index (χ4v) is 1.42. The highest BCUT2D eigenvalue weighted by atomic mass is 32.2. The molecule has 0 aliphatic rings. The van der Waals surface area contributed by atoms with Crippen LogP contribution in [0.1, 0.15) is 18.4 Å². The molecule has 0 spiro atoms. The van der Waals surface area contributed by atoms with Gasteiger partial charge in [0.15, 0.2) is 5.12 Å². The number of thioether (sulfide) groups is 1. The van der Waals surface area contributed by atoms with E-state index in [4.69, 9.17) is 4.52 Å². The third-order valence-electron chi connectivity index (χ3n) is 1.21. The number of carbonyl (C=O) groups is 1. The van der Waals surface area contributed by atoms with Crippen molar-refractivity contribution in [3.05, 3.63) is 11.5 Å². The molecule has 0 unspecified atom stereocenters. The van der Waals surface area contributed by atoms with Crippen LogP contribution in [0.15, 0.2) is 9.42 Å². The van der Waals surface area contributed by atoms with Crippen molar-refractivity contribution in [1.82, 2.24) is 5.16 Å². The van der Waals surface area contributed by atoms with Gasteiger partial charge in [0.2, 0.25) is 0 Å². The lowest BCUT2D eigenvalue weighted by molar-refractivity contribution is -0.109. The van der Waals surface area contributed by atoms with Gasteiger partial charge in [0.1, 0.15) is 5.76 Å². The van der Waals surface area contributed by atoms with Gasteiger partial charge >= 0.3 is 0 Å². The summed E-state index contributed by atoms with van der Waals surface area (Å²) in [6, 6.07) is 0. The van der Waals surface area contributed by atoms with Gasteiger partial charge in [-0.15, -0.1) is 0 Å². The molecular formula is C7H9NO2S. The topological polar surface area (TPSA) is 43.1 Å². The van der Waals surface area contributed by atoms with E-state index >= 15 is 0 Å². The molecule has 0 aromatic carbocycles. The number of aromatic nitrogens is 1. The Kier molecular flexibility index (Phi) is 2.34. The minimum atomic E-state index is 0.0550. The summed E-state index contributed by atoms with van der Waals surface area (Å²) in [4.78, 5) is 11.6. The molecule has 1 rings (SSSR count). The van der Waals surface area contributed by atoms with Gasteiger partial charge in [-0.25, -0.2) is 0 Å². The molecule has 0 atom stereocenters. The smallest absolute Gasteiger partial charge is 0.190 e. The lowest BCUT2D eigenvalue weighted by Crippen LogP contribution is -1.83. The molecule has 4 heteroatoms. The largest absolute Gasteiger partial charge is 0.360 e. The van der Waals surface area contributed by atoms with Gasteiger partial charge in [-0.3, -0.25) is 4.79 Å². The Morgan fingerprint density at radius 3 is 2.55 bits per heavy atom. The second-order valence-corrected chi connectivity index (χ2v) is 3.43. The third-order valence-corrected chi connectivity index (χ3v) is 2.29. The van der Waals surface area contributed by atoms with Gasteiger partial charge in [-0.2, -0.15) is 0 Å². The highest BCUT2D eigenvalue weighted by molar-refractivity contribution is 8.13. The average Bonchev–Trinajstić information content (AvgIpc) is 2.18. The molecule has 0 bridgehead atoms. The maximum atomic E-state index is 10.7. The lowest BCUT2D eigenvalue weighted by atomic mass is 10.4. The van der Waals surface area contributed by atoms with E-state index in [1.807, 2.05) is 6.92 Å². The van der Waals surface area contributed by atoms with Crippen LogP contribution in [0.4, 0.5) is 0 Å². The summed E-state index contributed by atoms with van der Waals surface area (Å²) in [5.41, 5.74) is 0.780. The van der Waals surface area contributed by atoms with Crippen LogP contribution in [-0.4, -0.2) is 10.3 Å². The van der Waals surface area contributed by atoms with Gasteiger partial charge in [0.05, 0.1) is 10.6 Å². The molecular weight excluding hydrogens is 162 g/mol. The molecule has 1 heterocycles. The lowest BCUT2D eigenvalue weighted by Gasteiger charge is -1.91. The number of hydrogen-bond acceptors (Lipinski definition) is 4. The van der Waals surface area contributed by atoms with Crippen molar-refractivity contribution in [2.45, 2.75) is 25.7 Å². The van der Waals surface area contributed by atoms with Crippen LogP contribution in [0, 0.1) is 13.8 Å². The van der Waals surface area contributed by atoms with Gasteiger partial charge in [0.25, 0.3) is 0 Å². The molecule has 1 aromatic heterocycles. The fraction of sp³-hybridized carbons (Fsp3) is 0.429. The van der Waals surface area contributed by atoms with Gasteiger partial charge in [-0.1, -0.05) is 5.16 Å². The quantitative estimate of drug-likeness (QED) is 0.605. The molecule has 3 nitrogen and oxygen atoms in total. The van der Waals surface area contributed by atoms with Crippen LogP contribution in [-0.2, 0) is 4.79 Å². The number of carbonyl (C=O) groups excluding carboxylic acids is 1. The average molecular weight is 171 g/mol. The predicted octanol–water partition coefficient (Wildman–Crippen LogP) is 1.93. The van der Waals surface area contributed by atoms with E-state index in [-0.39, 0.29) is 5.12 Å². The first-order chi connectivity index (χ1) is 5.11. The second-order valence-electron chi connectivity index (χ2n) is 2.25. The van der Waals surface area contributed by atoms with Crippen LogP contribution < -0.4 is 0 Å². The van der Waals surface area contributed by atoms with Crippen molar-refractivity contribution in [2.24, 2.45) is 0 Å². The van der Waals surface area contributed by atoms with Crippen LogP contribution in [0.5, 0.6) is 0 Å². The summed E-state index contributed by atoms with van der Waals surface area (Å²) in [6.07, 6.45) is 0.